The molecule has 0 amide bonds. The average Bonchev–Trinajstić information content (AvgIpc) is 2.81. The van der Waals surface area contributed by atoms with Crippen molar-refractivity contribution in [3.8, 4) is 0 Å². The van der Waals surface area contributed by atoms with E-state index in [1.165, 1.54) is 20.2 Å². The summed E-state index contributed by atoms with van der Waals surface area (Å²) in [7, 11) is -1.88. The molecular formula is C12H12OPS2+. The lowest BCUT2D eigenvalue weighted by molar-refractivity contribution is 0.625. The molecule has 0 spiro atoms. The van der Waals surface area contributed by atoms with Crippen molar-refractivity contribution in [3.05, 3.63) is 29.6 Å². The molecule has 2 heterocycles. The van der Waals surface area contributed by atoms with Crippen molar-refractivity contribution in [2.75, 3.05) is 13.3 Å². The lowest BCUT2D eigenvalue weighted by atomic mass is 10.2. The third kappa shape index (κ3) is 1.59. The van der Waals surface area contributed by atoms with Crippen LogP contribution < -0.4 is 4.62 Å². The summed E-state index contributed by atoms with van der Waals surface area (Å²) in [5, 5.41) is 4.74. The molecule has 3 rings (SSSR count). The van der Waals surface area contributed by atoms with Crippen LogP contribution in [0.1, 0.15) is 0 Å². The minimum absolute atomic E-state index is 1.14. The van der Waals surface area contributed by atoms with Gasteiger partial charge in [0.05, 0.1) is 13.3 Å². The van der Waals surface area contributed by atoms with E-state index in [4.69, 9.17) is 0 Å². The zero-order chi connectivity index (χ0) is 11.3. The number of hydrogen-bond donors (Lipinski definition) is 1. The van der Waals surface area contributed by atoms with Crippen LogP contribution in [0.3, 0.4) is 0 Å². The Balaban J connectivity index is 2.39. The van der Waals surface area contributed by atoms with Gasteiger partial charge in [0, 0.05) is 26.2 Å². The van der Waals surface area contributed by atoms with Crippen LogP contribution in [0.4, 0.5) is 0 Å². The molecule has 16 heavy (non-hydrogen) atoms. The number of rotatable bonds is 1. The molecule has 0 saturated carbocycles. The van der Waals surface area contributed by atoms with E-state index >= 15 is 0 Å². The number of fused-ring (bicyclic) bond motifs is 3. The van der Waals surface area contributed by atoms with E-state index in [1.54, 1.807) is 22.7 Å². The highest BCUT2D eigenvalue weighted by Crippen LogP contribution is 2.48. The first-order valence-corrected chi connectivity index (χ1v) is 9.36. The average molecular weight is 267 g/mol. The molecule has 3 aromatic rings. The summed E-state index contributed by atoms with van der Waals surface area (Å²) in [6.45, 7) is 3.89. The molecule has 1 aromatic carbocycles. The fraction of sp³-hybridized carbons (Fsp3) is 0.167. The van der Waals surface area contributed by atoms with Gasteiger partial charge in [-0.1, -0.05) is 11.3 Å². The minimum Gasteiger partial charge on any atom is -0.246 e. The van der Waals surface area contributed by atoms with Crippen LogP contribution >= 0.6 is 30.2 Å². The molecule has 1 N–H and O–H groups in total. The third-order valence-electron chi connectivity index (χ3n) is 2.66. The maximum absolute atomic E-state index is 10.1. The summed E-state index contributed by atoms with van der Waals surface area (Å²) in [6, 6.07) is 8.67. The number of benzene rings is 1. The summed E-state index contributed by atoms with van der Waals surface area (Å²) in [6.07, 6.45) is 0. The Morgan fingerprint density at radius 2 is 1.81 bits per heavy atom. The van der Waals surface area contributed by atoms with Crippen LogP contribution in [-0.2, 0) is 0 Å². The van der Waals surface area contributed by atoms with Crippen LogP contribution in [0.15, 0.2) is 29.6 Å². The Morgan fingerprint density at radius 3 is 2.56 bits per heavy atom. The van der Waals surface area contributed by atoms with Crippen molar-refractivity contribution < 1.29 is 4.89 Å². The predicted molar refractivity (Wildman–Crippen MR) is 77.8 cm³/mol. The second kappa shape index (κ2) is 3.51. The van der Waals surface area contributed by atoms with Crippen molar-refractivity contribution in [3.63, 3.8) is 0 Å². The third-order valence-corrected chi connectivity index (χ3v) is 7.27. The van der Waals surface area contributed by atoms with Gasteiger partial charge in [0.2, 0.25) is 0 Å². The van der Waals surface area contributed by atoms with E-state index < -0.39 is 7.49 Å². The van der Waals surface area contributed by atoms with E-state index in [9.17, 15) is 4.89 Å². The normalized spacial score (nSPS) is 12.7. The van der Waals surface area contributed by atoms with Gasteiger partial charge < -0.3 is 0 Å². The molecule has 0 unspecified atom stereocenters. The van der Waals surface area contributed by atoms with E-state index in [-0.39, 0.29) is 0 Å². The van der Waals surface area contributed by atoms with Gasteiger partial charge in [0.1, 0.15) is 0 Å². The van der Waals surface area contributed by atoms with Crippen LogP contribution in [-0.4, -0.2) is 18.2 Å². The summed E-state index contributed by atoms with van der Waals surface area (Å²) in [4.78, 5) is 10.1. The summed E-state index contributed by atoms with van der Waals surface area (Å²) >= 11 is 3.50. The van der Waals surface area contributed by atoms with Gasteiger partial charge in [-0.25, -0.2) is 4.89 Å². The van der Waals surface area contributed by atoms with E-state index in [0.29, 0.717) is 0 Å². The molecule has 2 aromatic heterocycles. The number of thiophene rings is 2. The number of hydrogen-bond acceptors (Lipinski definition) is 3. The standard InChI is InChI=1S/C12H12OPS2/c1-14(2,13)12-7-9-8-5-6-15-10(8)3-4-11(9)16-12/h3-7,13H,1-2H3/q+1. The van der Waals surface area contributed by atoms with Gasteiger partial charge in [-0.3, -0.25) is 0 Å². The summed E-state index contributed by atoms with van der Waals surface area (Å²) in [5.74, 6) is 0. The fourth-order valence-corrected chi connectivity index (χ4v) is 5.07. The molecule has 0 aliphatic heterocycles. The molecule has 0 fully saturated rings. The zero-order valence-electron chi connectivity index (χ0n) is 9.10. The predicted octanol–water partition coefficient (Wildman–Crippen LogP) is 3.93. The van der Waals surface area contributed by atoms with E-state index in [1.807, 2.05) is 13.3 Å². The Labute approximate surface area is 103 Å². The van der Waals surface area contributed by atoms with Gasteiger partial charge in [0.15, 0.2) is 12.1 Å². The molecular weight excluding hydrogens is 255 g/mol. The van der Waals surface area contributed by atoms with E-state index in [2.05, 4.69) is 29.6 Å². The van der Waals surface area contributed by atoms with E-state index in [0.717, 1.165) is 4.62 Å². The van der Waals surface area contributed by atoms with Gasteiger partial charge in [0.25, 0.3) is 0 Å². The monoisotopic (exact) mass is 267 g/mol. The SMILES string of the molecule is C[P+](C)(O)c1cc2c(ccc3sccc32)s1. The van der Waals surface area contributed by atoms with Crippen molar-refractivity contribution in [1.29, 1.82) is 0 Å². The Kier molecular flexibility index (Phi) is 2.34. The highest BCUT2D eigenvalue weighted by molar-refractivity contribution is 7.81. The van der Waals surface area contributed by atoms with Crippen molar-refractivity contribution >= 4 is 55.0 Å². The van der Waals surface area contributed by atoms with Crippen LogP contribution in [0.5, 0.6) is 0 Å². The van der Waals surface area contributed by atoms with Crippen LogP contribution in [0.2, 0.25) is 0 Å². The largest absolute Gasteiger partial charge is 0.246 e. The Hall–Kier alpha value is -0.470. The van der Waals surface area contributed by atoms with Crippen LogP contribution in [0.25, 0.3) is 20.2 Å². The lowest BCUT2D eigenvalue weighted by Gasteiger charge is -2.03. The van der Waals surface area contributed by atoms with Gasteiger partial charge in [-0.15, -0.1) is 11.3 Å². The smallest absolute Gasteiger partial charge is 0.178 e. The van der Waals surface area contributed by atoms with Gasteiger partial charge >= 0.3 is 0 Å². The first-order valence-electron chi connectivity index (χ1n) is 5.03. The molecule has 0 bridgehead atoms. The molecule has 0 radical (unpaired) electrons. The summed E-state index contributed by atoms with van der Waals surface area (Å²) < 4.78 is 3.75. The van der Waals surface area contributed by atoms with Gasteiger partial charge in [-0.05, 0) is 23.6 Å². The highest BCUT2D eigenvalue weighted by atomic mass is 32.1. The lowest BCUT2D eigenvalue weighted by Crippen LogP contribution is -2.01. The highest BCUT2D eigenvalue weighted by Gasteiger charge is 2.28. The molecule has 1 nitrogen and oxygen atoms in total. The Morgan fingerprint density at radius 1 is 1.06 bits per heavy atom. The first-order chi connectivity index (χ1) is 7.55. The molecule has 0 aliphatic rings. The quantitative estimate of drug-likeness (QED) is 0.662. The molecule has 0 aliphatic carbocycles. The van der Waals surface area contributed by atoms with Crippen LogP contribution in [0, 0.1) is 0 Å². The maximum Gasteiger partial charge on any atom is 0.178 e. The molecule has 0 saturated heterocycles. The minimum atomic E-state index is -1.88. The first kappa shape index (κ1) is 10.7. The summed E-state index contributed by atoms with van der Waals surface area (Å²) in [5.41, 5.74) is 0. The molecule has 0 atom stereocenters. The van der Waals surface area contributed by atoms with Crippen molar-refractivity contribution in [2.45, 2.75) is 0 Å². The molecule has 82 valence electrons. The fourth-order valence-electron chi connectivity index (χ4n) is 1.82. The second-order valence-corrected chi connectivity index (χ2v) is 9.89. The van der Waals surface area contributed by atoms with Crippen molar-refractivity contribution in [2.24, 2.45) is 0 Å². The maximum atomic E-state index is 10.1. The Bertz CT molecular complexity index is 660. The second-order valence-electron chi connectivity index (χ2n) is 4.29. The van der Waals surface area contributed by atoms with Crippen molar-refractivity contribution in [1.82, 2.24) is 0 Å². The zero-order valence-corrected chi connectivity index (χ0v) is 11.6. The molecule has 4 heteroatoms. The van der Waals surface area contributed by atoms with Gasteiger partial charge in [-0.2, -0.15) is 0 Å². The topological polar surface area (TPSA) is 20.2 Å².